The van der Waals surface area contributed by atoms with Gasteiger partial charge in [-0.15, -0.1) is 10.2 Å². The summed E-state index contributed by atoms with van der Waals surface area (Å²) in [7, 11) is -3.65. The highest BCUT2D eigenvalue weighted by Gasteiger charge is 2.16. The third-order valence-electron chi connectivity index (χ3n) is 3.73. The van der Waals surface area contributed by atoms with Crippen molar-refractivity contribution in [3.63, 3.8) is 0 Å². The summed E-state index contributed by atoms with van der Waals surface area (Å²) in [5.74, 6) is 0.364. The minimum Gasteiger partial charge on any atom is -0.419 e. The second-order valence-electron chi connectivity index (χ2n) is 6.02. The van der Waals surface area contributed by atoms with Crippen LogP contribution in [0.5, 0.6) is 11.8 Å². The van der Waals surface area contributed by atoms with Gasteiger partial charge in [-0.2, -0.15) is 8.42 Å². The van der Waals surface area contributed by atoms with Crippen LogP contribution in [0.25, 0.3) is 11.3 Å². The van der Waals surface area contributed by atoms with Crippen molar-refractivity contribution < 1.29 is 17.3 Å². The van der Waals surface area contributed by atoms with Crippen LogP contribution in [-0.4, -0.2) is 29.9 Å². The van der Waals surface area contributed by atoms with Crippen molar-refractivity contribution in [2.45, 2.75) is 13.5 Å². The third-order valence-corrected chi connectivity index (χ3v) is 4.92. The van der Waals surface area contributed by atoms with Gasteiger partial charge in [-0.25, -0.2) is 4.98 Å². The molecule has 0 amide bonds. The molecule has 1 aromatic carbocycles. The molecule has 0 aliphatic carbocycles. The Morgan fingerprint density at radius 3 is 2.28 bits per heavy atom. The second-order valence-corrected chi connectivity index (χ2v) is 8.92. The van der Waals surface area contributed by atoms with E-state index >= 15 is 0 Å². The molecule has 29 heavy (non-hydrogen) atoms. The van der Waals surface area contributed by atoms with Gasteiger partial charge in [0.05, 0.1) is 18.6 Å². The minimum absolute atomic E-state index is 0.168. The van der Waals surface area contributed by atoms with Crippen LogP contribution in [0.3, 0.4) is 0 Å². The number of pyridine rings is 1. The number of hydrogen-bond donors (Lipinski definition) is 0. The van der Waals surface area contributed by atoms with Gasteiger partial charge in [0.15, 0.2) is 5.15 Å². The van der Waals surface area contributed by atoms with Gasteiger partial charge in [-0.05, 0) is 42.8 Å². The average Bonchev–Trinajstić information content (AvgIpc) is 2.62. The molecule has 3 rings (SSSR count). The molecule has 0 aliphatic rings. The molecule has 0 fully saturated rings. The molecule has 0 atom stereocenters. The minimum atomic E-state index is -3.65. The number of hydrogen-bond acceptors (Lipinski definition) is 7. The average molecular weight is 475 g/mol. The maximum atomic E-state index is 11.4. The summed E-state index contributed by atoms with van der Waals surface area (Å²) in [5.41, 5.74) is 2.20. The van der Waals surface area contributed by atoms with E-state index in [2.05, 4.69) is 15.2 Å². The smallest absolute Gasteiger partial charge is 0.264 e. The maximum absolute atomic E-state index is 11.4. The van der Waals surface area contributed by atoms with Crippen molar-refractivity contribution in [2.75, 3.05) is 6.26 Å². The first kappa shape index (κ1) is 21.7. The second kappa shape index (κ2) is 8.81. The van der Waals surface area contributed by atoms with Gasteiger partial charge in [0.1, 0.15) is 0 Å². The van der Waals surface area contributed by atoms with Gasteiger partial charge in [0, 0.05) is 27.2 Å². The Hall–Kier alpha value is -1.97. The first-order valence-corrected chi connectivity index (χ1v) is 11.0. The van der Waals surface area contributed by atoms with E-state index in [9.17, 15) is 8.42 Å². The molecule has 7 nitrogen and oxygen atoms in total. The van der Waals surface area contributed by atoms with E-state index in [0.717, 1.165) is 6.26 Å². The predicted octanol–water partition coefficient (Wildman–Crippen LogP) is 5.08. The van der Waals surface area contributed by atoms with Crippen molar-refractivity contribution in [3.05, 3.63) is 62.7 Å². The van der Waals surface area contributed by atoms with E-state index in [0.29, 0.717) is 32.4 Å². The monoisotopic (exact) mass is 473 g/mol. The molecule has 0 radical (unpaired) electrons. The Labute approximate surface area is 182 Å². The fourth-order valence-corrected chi connectivity index (χ4v) is 3.33. The van der Waals surface area contributed by atoms with Crippen molar-refractivity contribution in [3.8, 4) is 23.0 Å². The zero-order valence-corrected chi connectivity index (χ0v) is 18.3. The Morgan fingerprint density at radius 1 is 1.00 bits per heavy atom. The maximum Gasteiger partial charge on any atom is 0.264 e. The zero-order valence-electron chi connectivity index (χ0n) is 15.2. The highest BCUT2D eigenvalue weighted by atomic mass is 35.5. The van der Waals surface area contributed by atoms with Crippen LogP contribution < -0.4 is 4.74 Å². The van der Waals surface area contributed by atoms with Gasteiger partial charge in [-0.3, -0.25) is 4.18 Å². The number of ether oxygens (including phenoxy) is 1. The van der Waals surface area contributed by atoms with Crippen LogP contribution >= 0.6 is 34.8 Å². The summed E-state index contributed by atoms with van der Waals surface area (Å²) >= 11 is 17.9. The van der Waals surface area contributed by atoms with E-state index < -0.39 is 10.1 Å². The summed E-state index contributed by atoms with van der Waals surface area (Å²) in [5, 5.41) is 8.64. The Bertz CT molecular complexity index is 1140. The topological polar surface area (TPSA) is 91.3 Å². The molecule has 0 unspecified atom stereocenters. The highest BCUT2D eigenvalue weighted by Crippen LogP contribution is 2.32. The van der Waals surface area contributed by atoms with Gasteiger partial charge < -0.3 is 4.74 Å². The lowest BCUT2D eigenvalue weighted by Gasteiger charge is -2.14. The van der Waals surface area contributed by atoms with Crippen LogP contribution in [0.2, 0.25) is 15.2 Å². The van der Waals surface area contributed by atoms with Crippen LogP contribution in [0, 0.1) is 6.92 Å². The van der Waals surface area contributed by atoms with Crippen molar-refractivity contribution in [2.24, 2.45) is 0 Å². The number of nitrogens with zero attached hydrogens (tertiary/aromatic N) is 3. The molecule has 2 aromatic heterocycles. The molecule has 11 heteroatoms. The van der Waals surface area contributed by atoms with Crippen molar-refractivity contribution in [1.82, 2.24) is 15.2 Å². The molecule has 0 spiro atoms. The fraction of sp³-hybridized carbons (Fsp3) is 0.167. The fourth-order valence-electron chi connectivity index (χ4n) is 2.36. The molecule has 0 saturated carbocycles. The number of rotatable bonds is 6. The highest BCUT2D eigenvalue weighted by molar-refractivity contribution is 7.85. The molecule has 3 aromatic rings. The summed E-state index contributed by atoms with van der Waals surface area (Å²) < 4.78 is 33.6. The number of benzene rings is 1. The van der Waals surface area contributed by atoms with E-state index in [1.165, 1.54) is 12.1 Å². The van der Waals surface area contributed by atoms with Crippen LogP contribution in [-0.2, 0) is 20.9 Å². The normalized spacial score (nSPS) is 11.5. The molecule has 0 aliphatic heterocycles. The summed E-state index contributed by atoms with van der Waals surface area (Å²) in [4.78, 5) is 4.50. The molecule has 152 valence electrons. The Balaban J connectivity index is 2.08. The summed E-state index contributed by atoms with van der Waals surface area (Å²) in [6.07, 6.45) is 0.974. The van der Waals surface area contributed by atoms with Crippen LogP contribution in [0.1, 0.15) is 11.1 Å². The molecular formula is C18H14Cl3N3O4S. The first-order valence-electron chi connectivity index (χ1n) is 8.09. The van der Waals surface area contributed by atoms with Gasteiger partial charge >= 0.3 is 0 Å². The number of halogens is 3. The molecule has 2 heterocycles. The summed E-state index contributed by atoms with van der Waals surface area (Å²) in [6, 6.07) is 9.69. The summed E-state index contributed by atoms with van der Waals surface area (Å²) in [6.45, 7) is 1.53. The zero-order chi connectivity index (χ0) is 21.2. The van der Waals surface area contributed by atoms with Crippen molar-refractivity contribution >= 4 is 44.9 Å². The largest absolute Gasteiger partial charge is 0.419 e. The van der Waals surface area contributed by atoms with Crippen molar-refractivity contribution in [1.29, 1.82) is 0 Å². The Kier molecular flexibility index (Phi) is 6.60. The lowest BCUT2D eigenvalue weighted by Crippen LogP contribution is -2.06. The Morgan fingerprint density at radius 2 is 1.69 bits per heavy atom. The molecule has 0 N–H and O–H groups in total. The lowest BCUT2D eigenvalue weighted by molar-refractivity contribution is 0.309. The van der Waals surface area contributed by atoms with Crippen LogP contribution in [0.15, 0.2) is 36.4 Å². The van der Waals surface area contributed by atoms with Gasteiger partial charge in [0.25, 0.3) is 10.1 Å². The predicted molar refractivity (Wildman–Crippen MR) is 111 cm³/mol. The lowest BCUT2D eigenvalue weighted by atomic mass is 10.1. The standard InChI is InChI=1S/C18H14Cl3N3O4S/c1-10-12(9-27-29(2,25)26)7-15(11-5-13(19)8-14(20)6-11)22-18(10)28-17-4-3-16(21)23-24-17/h3-8H,9H2,1-2H3. The molecular weight excluding hydrogens is 461 g/mol. The van der Waals surface area contributed by atoms with E-state index in [1.807, 2.05) is 0 Å². The molecule has 0 bridgehead atoms. The van der Waals surface area contributed by atoms with Crippen LogP contribution in [0.4, 0.5) is 0 Å². The van der Waals surface area contributed by atoms with E-state index in [-0.39, 0.29) is 23.5 Å². The molecule has 0 saturated heterocycles. The SMILES string of the molecule is Cc1c(COS(C)(=O)=O)cc(-c2cc(Cl)cc(Cl)c2)nc1Oc1ccc(Cl)nn1. The first-order chi connectivity index (χ1) is 13.6. The van der Waals surface area contributed by atoms with E-state index in [4.69, 9.17) is 43.7 Å². The van der Waals surface area contributed by atoms with Gasteiger partial charge in [0.2, 0.25) is 11.8 Å². The van der Waals surface area contributed by atoms with Gasteiger partial charge in [-0.1, -0.05) is 34.8 Å². The van der Waals surface area contributed by atoms with E-state index in [1.54, 1.807) is 31.2 Å². The number of aromatic nitrogens is 3. The third kappa shape index (κ3) is 6.01. The quantitative estimate of drug-likeness (QED) is 0.460.